The minimum Gasteiger partial charge on any atom is -0.507 e. The van der Waals surface area contributed by atoms with Crippen molar-refractivity contribution >= 4 is 17.4 Å². The second-order valence-electron chi connectivity index (χ2n) is 6.79. The maximum Gasteiger partial charge on any atom is 0.296 e. The number of furan rings is 1. The number of likely N-dealkylation sites (tertiary alicyclic amines) is 1. The molecule has 1 N–H and O–H groups in total. The summed E-state index contributed by atoms with van der Waals surface area (Å²) in [6.07, 6.45) is 1.46. The molecular weight excluding hydrogens is 389 g/mol. The molecule has 1 aliphatic heterocycles. The van der Waals surface area contributed by atoms with E-state index < -0.39 is 23.5 Å². The van der Waals surface area contributed by atoms with E-state index in [1.165, 1.54) is 36.5 Å². The zero-order valence-electron chi connectivity index (χ0n) is 16.0. The van der Waals surface area contributed by atoms with Gasteiger partial charge in [-0.05, 0) is 54.1 Å². The van der Waals surface area contributed by atoms with E-state index in [0.717, 1.165) is 0 Å². The molecule has 4 rings (SSSR count). The molecule has 152 valence electrons. The van der Waals surface area contributed by atoms with Crippen LogP contribution in [0, 0.1) is 5.82 Å². The van der Waals surface area contributed by atoms with Crippen molar-refractivity contribution in [2.75, 3.05) is 7.11 Å². The van der Waals surface area contributed by atoms with Gasteiger partial charge in [0.2, 0.25) is 0 Å². The van der Waals surface area contributed by atoms with E-state index in [0.29, 0.717) is 22.6 Å². The Labute approximate surface area is 171 Å². The van der Waals surface area contributed by atoms with E-state index in [9.17, 15) is 19.1 Å². The van der Waals surface area contributed by atoms with Crippen LogP contribution in [0.3, 0.4) is 0 Å². The van der Waals surface area contributed by atoms with Gasteiger partial charge in [0, 0.05) is 5.56 Å². The molecule has 1 atom stereocenters. The van der Waals surface area contributed by atoms with Crippen LogP contribution in [0.1, 0.15) is 22.9 Å². The summed E-state index contributed by atoms with van der Waals surface area (Å²) in [5.74, 6) is -1.46. The number of Topliss-reactive ketones (excluding diaryl/α,β-unsaturated/α-hetero) is 1. The highest BCUT2D eigenvalue weighted by molar-refractivity contribution is 6.46. The molecule has 2 aromatic carbocycles. The van der Waals surface area contributed by atoms with Gasteiger partial charge in [0.05, 0.1) is 31.5 Å². The lowest BCUT2D eigenvalue weighted by atomic mass is 9.95. The first kappa shape index (κ1) is 19.4. The number of rotatable bonds is 5. The second-order valence-corrected chi connectivity index (χ2v) is 6.79. The number of ether oxygens (including phenoxy) is 1. The number of aliphatic hydroxyl groups is 1. The van der Waals surface area contributed by atoms with E-state index in [-0.39, 0.29) is 17.9 Å². The molecule has 3 aromatic rings. The first-order valence-electron chi connectivity index (χ1n) is 9.20. The van der Waals surface area contributed by atoms with Gasteiger partial charge in [-0.2, -0.15) is 0 Å². The van der Waals surface area contributed by atoms with Crippen molar-refractivity contribution in [2.24, 2.45) is 0 Å². The zero-order chi connectivity index (χ0) is 21.3. The summed E-state index contributed by atoms with van der Waals surface area (Å²) >= 11 is 0. The molecule has 0 radical (unpaired) electrons. The van der Waals surface area contributed by atoms with Gasteiger partial charge in [-0.1, -0.05) is 12.1 Å². The molecule has 0 spiro atoms. The number of carbonyl (C=O) groups is 2. The maximum absolute atomic E-state index is 14.0. The van der Waals surface area contributed by atoms with Gasteiger partial charge < -0.3 is 19.2 Å². The van der Waals surface area contributed by atoms with Crippen LogP contribution in [0.5, 0.6) is 5.75 Å². The number of hydrogen-bond donors (Lipinski definition) is 1. The first-order valence-corrected chi connectivity index (χ1v) is 9.20. The standard InChI is InChI=1S/C23H18FNO5/c1-29-17-9-7-14(8-10-17)21(26)19-20(15-4-2-5-16(24)12-15)25(23(28)22(19)27)13-18-6-3-11-30-18/h2-12,20,26H,13H2,1H3/t20-/m1/s1. The number of nitrogens with zero attached hydrogens (tertiary/aromatic N) is 1. The summed E-state index contributed by atoms with van der Waals surface area (Å²) in [5.41, 5.74) is 0.603. The molecule has 0 bridgehead atoms. The molecule has 1 aliphatic rings. The largest absolute Gasteiger partial charge is 0.507 e. The van der Waals surface area contributed by atoms with Gasteiger partial charge in [-0.15, -0.1) is 0 Å². The van der Waals surface area contributed by atoms with Crippen molar-refractivity contribution in [3.63, 3.8) is 0 Å². The van der Waals surface area contributed by atoms with Crippen LogP contribution in [0.2, 0.25) is 0 Å². The predicted octanol–water partition coefficient (Wildman–Crippen LogP) is 4.05. The summed E-state index contributed by atoms with van der Waals surface area (Å²) in [5, 5.41) is 10.9. The van der Waals surface area contributed by atoms with E-state index in [4.69, 9.17) is 9.15 Å². The van der Waals surface area contributed by atoms with Crippen LogP contribution in [-0.4, -0.2) is 28.8 Å². The molecular formula is C23H18FNO5. The number of aliphatic hydroxyl groups excluding tert-OH is 1. The Morgan fingerprint density at radius 3 is 2.53 bits per heavy atom. The third-order valence-corrected chi connectivity index (χ3v) is 4.97. The van der Waals surface area contributed by atoms with Crippen molar-refractivity contribution in [1.82, 2.24) is 4.90 Å². The van der Waals surface area contributed by atoms with Gasteiger partial charge in [-0.3, -0.25) is 9.59 Å². The summed E-state index contributed by atoms with van der Waals surface area (Å²) in [6.45, 7) is -0.00184. The van der Waals surface area contributed by atoms with Gasteiger partial charge >= 0.3 is 0 Å². The third-order valence-electron chi connectivity index (χ3n) is 4.97. The lowest BCUT2D eigenvalue weighted by Crippen LogP contribution is -2.29. The van der Waals surface area contributed by atoms with Crippen LogP contribution in [0.15, 0.2) is 76.9 Å². The van der Waals surface area contributed by atoms with Gasteiger partial charge in [0.1, 0.15) is 23.1 Å². The van der Waals surface area contributed by atoms with E-state index in [1.54, 1.807) is 42.5 Å². The first-order chi connectivity index (χ1) is 14.5. The number of ketones is 1. The van der Waals surface area contributed by atoms with Crippen LogP contribution in [0.4, 0.5) is 4.39 Å². The highest BCUT2D eigenvalue weighted by atomic mass is 19.1. The number of halogens is 1. The molecule has 2 heterocycles. The Kier molecular flexibility index (Phi) is 5.10. The molecule has 1 amide bonds. The third kappa shape index (κ3) is 3.45. The molecule has 6 nitrogen and oxygen atoms in total. The van der Waals surface area contributed by atoms with Crippen LogP contribution in [0.25, 0.3) is 5.76 Å². The summed E-state index contributed by atoms with van der Waals surface area (Å²) in [7, 11) is 1.51. The van der Waals surface area contributed by atoms with E-state index in [2.05, 4.69) is 0 Å². The topological polar surface area (TPSA) is 80.0 Å². The van der Waals surface area contributed by atoms with E-state index >= 15 is 0 Å². The molecule has 1 aromatic heterocycles. The van der Waals surface area contributed by atoms with Crippen molar-refractivity contribution in [2.45, 2.75) is 12.6 Å². The Morgan fingerprint density at radius 2 is 1.90 bits per heavy atom. The predicted molar refractivity (Wildman–Crippen MR) is 106 cm³/mol. The number of methoxy groups -OCH3 is 1. The fraction of sp³-hybridized carbons (Fsp3) is 0.130. The van der Waals surface area contributed by atoms with Crippen molar-refractivity contribution < 1.29 is 28.2 Å². The maximum atomic E-state index is 14.0. The lowest BCUT2D eigenvalue weighted by Gasteiger charge is -2.24. The Balaban J connectivity index is 1.85. The number of hydrogen-bond acceptors (Lipinski definition) is 5. The Morgan fingerprint density at radius 1 is 1.13 bits per heavy atom. The number of carbonyl (C=O) groups excluding carboxylic acids is 2. The minimum atomic E-state index is -0.965. The van der Waals surface area contributed by atoms with Gasteiger partial charge in [0.15, 0.2) is 0 Å². The fourth-order valence-electron chi connectivity index (χ4n) is 3.54. The van der Waals surface area contributed by atoms with Crippen molar-refractivity contribution in [1.29, 1.82) is 0 Å². The highest BCUT2D eigenvalue weighted by Gasteiger charge is 2.46. The highest BCUT2D eigenvalue weighted by Crippen LogP contribution is 2.40. The van der Waals surface area contributed by atoms with Crippen LogP contribution in [-0.2, 0) is 16.1 Å². The van der Waals surface area contributed by atoms with Crippen LogP contribution < -0.4 is 4.74 Å². The summed E-state index contributed by atoms with van der Waals surface area (Å²) in [4.78, 5) is 27.0. The Hall–Kier alpha value is -3.87. The quantitative estimate of drug-likeness (QED) is 0.392. The number of benzene rings is 2. The number of amides is 1. The van der Waals surface area contributed by atoms with Gasteiger partial charge in [-0.25, -0.2) is 4.39 Å². The molecule has 30 heavy (non-hydrogen) atoms. The normalized spacial score (nSPS) is 18.1. The van der Waals surface area contributed by atoms with Crippen LogP contribution >= 0.6 is 0 Å². The average Bonchev–Trinajstić information content (AvgIpc) is 3.36. The SMILES string of the molecule is COc1ccc(C(O)=C2C(=O)C(=O)N(Cc3ccco3)[C@@H]2c2cccc(F)c2)cc1. The molecule has 0 saturated carbocycles. The molecule has 7 heteroatoms. The molecule has 0 aliphatic carbocycles. The Bertz CT molecular complexity index is 1120. The monoisotopic (exact) mass is 407 g/mol. The summed E-state index contributed by atoms with van der Waals surface area (Å²) < 4.78 is 24.4. The average molecular weight is 407 g/mol. The van der Waals surface area contributed by atoms with Crippen molar-refractivity contribution in [3.05, 3.63) is 95.2 Å². The smallest absolute Gasteiger partial charge is 0.296 e. The van der Waals surface area contributed by atoms with Crippen molar-refractivity contribution in [3.8, 4) is 5.75 Å². The molecule has 1 saturated heterocycles. The lowest BCUT2D eigenvalue weighted by molar-refractivity contribution is -0.140. The fourth-order valence-corrected chi connectivity index (χ4v) is 3.54. The molecule has 0 unspecified atom stereocenters. The second kappa shape index (κ2) is 7.87. The van der Waals surface area contributed by atoms with Gasteiger partial charge in [0.25, 0.3) is 11.7 Å². The zero-order valence-corrected chi connectivity index (χ0v) is 16.0. The molecule has 1 fully saturated rings. The summed E-state index contributed by atoms with van der Waals surface area (Å²) in [6, 6.07) is 14.4. The minimum absolute atomic E-state index is 0.00184. The van der Waals surface area contributed by atoms with E-state index in [1.807, 2.05) is 0 Å².